The average molecular weight is 347 g/mol. The van der Waals surface area contributed by atoms with Crippen LogP contribution in [0, 0.1) is 0 Å². The quantitative estimate of drug-likeness (QED) is 0.765. The number of H-pyrrole nitrogens is 2. The van der Waals surface area contributed by atoms with E-state index in [4.69, 9.17) is 0 Å². The topological polar surface area (TPSA) is 77.7 Å². The molecule has 1 aromatic carbocycles. The number of hydrogen-bond acceptors (Lipinski definition) is 3. The van der Waals surface area contributed by atoms with Crippen LogP contribution in [0.5, 0.6) is 0 Å². The molecular weight excluding hydrogens is 326 g/mol. The van der Waals surface area contributed by atoms with E-state index >= 15 is 0 Å². The van der Waals surface area contributed by atoms with Crippen LogP contribution in [0.4, 0.5) is 0 Å². The van der Waals surface area contributed by atoms with Gasteiger partial charge >= 0.3 is 0 Å². The van der Waals surface area contributed by atoms with E-state index in [-0.39, 0.29) is 5.91 Å². The number of amides is 1. The lowest BCUT2D eigenvalue weighted by Gasteiger charge is -2.20. The Morgan fingerprint density at radius 3 is 2.88 bits per heavy atom. The molecule has 2 aromatic heterocycles. The van der Waals surface area contributed by atoms with Crippen molar-refractivity contribution in [3.63, 3.8) is 0 Å². The maximum Gasteiger partial charge on any atom is 0.253 e. The largest absolute Gasteiger partial charge is 0.345 e. The highest BCUT2D eigenvalue weighted by atomic mass is 16.2. The third kappa shape index (κ3) is 2.71. The molecule has 132 valence electrons. The number of nitrogens with one attached hydrogen (secondary N) is 2. The van der Waals surface area contributed by atoms with E-state index in [1.54, 1.807) is 12.4 Å². The number of benzene rings is 1. The SMILES string of the molecule is O=C(c1cccc(-c2ncc[nH]2)c1)N1CCc2[nH]nc(C3CC3)c2CC1. The van der Waals surface area contributed by atoms with Crippen LogP contribution in [-0.4, -0.2) is 44.1 Å². The molecule has 1 aliphatic carbocycles. The first-order chi connectivity index (χ1) is 12.8. The first-order valence-electron chi connectivity index (χ1n) is 9.24. The molecular formula is C20H21N5O. The number of fused-ring (bicyclic) bond motifs is 1. The molecule has 1 aliphatic heterocycles. The van der Waals surface area contributed by atoms with Crippen molar-refractivity contribution in [2.45, 2.75) is 31.6 Å². The Bertz CT molecular complexity index is 939. The number of nitrogens with zero attached hydrogens (tertiary/aromatic N) is 3. The Hall–Kier alpha value is -2.89. The lowest BCUT2D eigenvalue weighted by molar-refractivity contribution is 0.0762. The molecule has 6 heteroatoms. The smallest absolute Gasteiger partial charge is 0.253 e. The van der Waals surface area contributed by atoms with Gasteiger partial charge in [0.15, 0.2) is 0 Å². The number of rotatable bonds is 3. The fraction of sp³-hybridized carbons (Fsp3) is 0.350. The minimum absolute atomic E-state index is 0.0875. The molecule has 6 nitrogen and oxygen atoms in total. The van der Waals surface area contributed by atoms with Crippen LogP contribution in [0.25, 0.3) is 11.4 Å². The predicted molar refractivity (Wildman–Crippen MR) is 97.9 cm³/mol. The summed E-state index contributed by atoms with van der Waals surface area (Å²) in [6.45, 7) is 1.47. The second-order valence-electron chi connectivity index (χ2n) is 7.15. The van der Waals surface area contributed by atoms with Crippen molar-refractivity contribution < 1.29 is 4.79 Å². The number of carbonyl (C=O) groups excluding carboxylic acids is 1. The lowest BCUT2D eigenvalue weighted by Crippen LogP contribution is -2.33. The maximum absolute atomic E-state index is 13.0. The van der Waals surface area contributed by atoms with Gasteiger partial charge in [0.2, 0.25) is 0 Å². The molecule has 0 bridgehead atoms. The van der Waals surface area contributed by atoms with Crippen molar-refractivity contribution in [3.05, 3.63) is 59.2 Å². The summed E-state index contributed by atoms with van der Waals surface area (Å²) < 4.78 is 0. The molecule has 2 N–H and O–H groups in total. The number of aromatic amines is 2. The summed E-state index contributed by atoms with van der Waals surface area (Å²) in [6, 6.07) is 7.69. The maximum atomic E-state index is 13.0. The van der Waals surface area contributed by atoms with Gasteiger partial charge in [-0.25, -0.2) is 4.98 Å². The van der Waals surface area contributed by atoms with E-state index in [0.29, 0.717) is 11.5 Å². The van der Waals surface area contributed by atoms with Crippen molar-refractivity contribution >= 4 is 5.91 Å². The van der Waals surface area contributed by atoms with Gasteiger partial charge in [-0.1, -0.05) is 12.1 Å². The molecule has 2 aliphatic rings. The van der Waals surface area contributed by atoms with Gasteiger partial charge in [-0.2, -0.15) is 5.10 Å². The zero-order chi connectivity index (χ0) is 17.5. The number of hydrogen-bond donors (Lipinski definition) is 2. The van der Waals surface area contributed by atoms with Gasteiger partial charge in [0.1, 0.15) is 5.82 Å². The third-order valence-electron chi connectivity index (χ3n) is 5.38. The van der Waals surface area contributed by atoms with Crippen LogP contribution < -0.4 is 0 Å². The first kappa shape index (κ1) is 15.4. The zero-order valence-corrected chi connectivity index (χ0v) is 14.5. The van der Waals surface area contributed by atoms with Crippen LogP contribution >= 0.6 is 0 Å². The molecule has 1 amide bonds. The van der Waals surface area contributed by atoms with Crippen LogP contribution in [0.15, 0.2) is 36.7 Å². The first-order valence-corrected chi connectivity index (χ1v) is 9.24. The highest BCUT2D eigenvalue weighted by Crippen LogP contribution is 2.41. The van der Waals surface area contributed by atoms with Gasteiger partial charge in [0.25, 0.3) is 5.91 Å². The van der Waals surface area contributed by atoms with E-state index in [1.807, 2.05) is 29.2 Å². The molecule has 0 atom stereocenters. The Morgan fingerprint density at radius 2 is 2.08 bits per heavy atom. The Kier molecular flexibility index (Phi) is 3.62. The van der Waals surface area contributed by atoms with E-state index in [1.165, 1.54) is 29.8 Å². The van der Waals surface area contributed by atoms with Crippen LogP contribution in [0.2, 0.25) is 0 Å². The molecule has 0 unspecified atom stereocenters. The molecule has 3 heterocycles. The minimum Gasteiger partial charge on any atom is -0.345 e. The van der Waals surface area contributed by atoms with Crippen LogP contribution in [0.3, 0.4) is 0 Å². The second-order valence-corrected chi connectivity index (χ2v) is 7.15. The molecule has 3 aromatic rings. The molecule has 1 saturated carbocycles. The standard InChI is InChI=1S/C20H21N5O/c26-20(15-3-1-2-14(12-15)19-21-8-9-22-19)25-10-6-16-17(7-11-25)23-24-18(16)13-4-5-13/h1-3,8-9,12-13H,4-7,10-11H2,(H,21,22)(H,23,24). The van der Waals surface area contributed by atoms with Gasteiger partial charge in [0, 0.05) is 54.6 Å². The van der Waals surface area contributed by atoms with E-state index in [2.05, 4.69) is 20.2 Å². The number of carbonyl (C=O) groups is 1. The third-order valence-corrected chi connectivity index (χ3v) is 5.38. The van der Waals surface area contributed by atoms with E-state index in [9.17, 15) is 4.79 Å². The van der Waals surface area contributed by atoms with Gasteiger partial charge in [-0.3, -0.25) is 9.89 Å². The Morgan fingerprint density at radius 1 is 1.19 bits per heavy atom. The summed E-state index contributed by atoms with van der Waals surface area (Å²) in [4.78, 5) is 22.4. The minimum atomic E-state index is 0.0875. The van der Waals surface area contributed by atoms with Gasteiger partial charge in [-0.15, -0.1) is 0 Å². The van der Waals surface area contributed by atoms with Crippen molar-refractivity contribution in [1.82, 2.24) is 25.1 Å². The fourth-order valence-electron chi connectivity index (χ4n) is 3.81. The van der Waals surface area contributed by atoms with E-state index in [0.717, 1.165) is 37.3 Å². The summed E-state index contributed by atoms with van der Waals surface area (Å²) in [7, 11) is 0. The van der Waals surface area contributed by atoms with Crippen molar-refractivity contribution in [2.75, 3.05) is 13.1 Å². The van der Waals surface area contributed by atoms with Crippen LogP contribution in [-0.2, 0) is 12.8 Å². The van der Waals surface area contributed by atoms with Crippen molar-refractivity contribution in [1.29, 1.82) is 0 Å². The monoisotopic (exact) mass is 347 g/mol. The van der Waals surface area contributed by atoms with Crippen molar-refractivity contribution in [2.24, 2.45) is 0 Å². The Balaban J connectivity index is 1.36. The summed E-state index contributed by atoms with van der Waals surface area (Å²) in [5.41, 5.74) is 5.46. The van der Waals surface area contributed by atoms with Crippen molar-refractivity contribution in [3.8, 4) is 11.4 Å². The molecule has 5 rings (SSSR count). The highest BCUT2D eigenvalue weighted by molar-refractivity contribution is 5.95. The normalized spacial score (nSPS) is 17.0. The summed E-state index contributed by atoms with van der Waals surface area (Å²) in [5, 5.41) is 7.74. The Labute approximate surface area is 151 Å². The molecule has 0 saturated heterocycles. The van der Waals surface area contributed by atoms with Gasteiger partial charge in [0.05, 0.1) is 5.69 Å². The number of imidazole rings is 1. The summed E-state index contributed by atoms with van der Waals surface area (Å²) in [6.07, 6.45) is 7.74. The molecule has 0 radical (unpaired) electrons. The fourth-order valence-corrected chi connectivity index (χ4v) is 3.81. The van der Waals surface area contributed by atoms with E-state index < -0.39 is 0 Å². The molecule has 1 fully saturated rings. The van der Waals surface area contributed by atoms with Gasteiger partial charge < -0.3 is 9.88 Å². The zero-order valence-electron chi connectivity index (χ0n) is 14.5. The molecule has 0 spiro atoms. The van der Waals surface area contributed by atoms with Gasteiger partial charge in [-0.05, 0) is 37.0 Å². The predicted octanol–water partition coefficient (Wildman–Crippen LogP) is 2.92. The molecule has 26 heavy (non-hydrogen) atoms. The average Bonchev–Trinajstić information content (AvgIpc) is 3.28. The summed E-state index contributed by atoms with van der Waals surface area (Å²) >= 11 is 0. The highest BCUT2D eigenvalue weighted by Gasteiger charge is 2.31. The summed E-state index contributed by atoms with van der Waals surface area (Å²) in [5.74, 6) is 1.51. The lowest BCUT2D eigenvalue weighted by atomic mass is 10.1. The number of aromatic nitrogens is 4. The van der Waals surface area contributed by atoms with Crippen LogP contribution in [0.1, 0.15) is 46.1 Å². The second kappa shape index (κ2) is 6.12.